The molecule has 0 saturated heterocycles. The molecule has 0 fully saturated rings. The van der Waals surface area contributed by atoms with Crippen LogP contribution in [0.1, 0.15) is 21.7 Å². The molecule has 0 unspecified atom stereocenters. The predicted octanol–water partition coefficient (Wildman–Crippen LogP) is 3.56. The van der Waals surface area contributed by atoms with Gasteiger partial charge in [0.15, 0.2) is 5.65 Å². The Morgan fingerprint density at radius 1 is 1.10 bits per heavy atom. The van der Waals surface area contributed by atoms with Crippen LogP contribution >= 0.6 is 0 Å². The average Bonchev–Trinajstić information content (AvgIpc) is 2.75. The lowest BCUT2D eigenvalue weighted by Crippen LogP contribution is -2.22. The molecule has 0 aliphatic heterocycles. The Labute approximate surface area is 176 Å². The number of fused-ring (bicyclic) bond motifs is 1. The van der Waals surface area contributed by atoms with E-state index in [4.69, 9.17) is 0 Å². The number of aryl methyl sites for hydroxylation is 2. The monoisotopic (exact) mass is 415 g/mol. The van der Waals surface area contributed by atoms with Gasteiger partial charge in [-0.2, -0.15) is 0 Å². The number of hydrogen-bond donors (Lipinski definition) is 1. The zero-order valence-electron chi connectivity index (χ0n) is 16.7. The van der Waals surface area contributed by atoms with E-state index < -0.39 is 10.8 Å². The Kier molecular flexibility index (Phi) is 5.00. The van der Waals surface area contributed by atoms with Gasteiger partial charge in [-0.25, -0.2) is 9.97 Å². The van der Waals surface area contributed by atoms with Gasteiger partial charge in [-0.1, -0.05) is 6.07 Å². The summed E-state index contributed by atoms with van der Waals surface area (Å²) < 4.78 is 1.47. The summed E-state index contributed by atoms with van der Waals surface area (Å²) >= 11 is 0. The highest BCUT2D eigenvalue weighted by atomic mass is 16.6. The SMILES string of the molecule is Cc1ccc(C(=O)Nc2ccc(-n3c(C)nc4ncccc4c3=O)cc2)cc1[N+](=O)[O-]. The van der Waals surface area contributed by atoms with Crippen LogP contribution in [0.4, 0.5) is 11.4 Å². The summed E-state index contributed by atoms with van der Waals surface area (Å²) in [5, 5.41) is 14.2. The highest BCUT2D eigenvalue weighted by Gasteiger charge is 2.15. The third-order valence-electron chi connectivity index (χ3n) is 4.86. The summed E-state index contributed by atoms with van der Waals surface area (Å²) in [6.07, 6.45) is 1.58. The summed E-state index contributed by atoms with van der Waals surface area (Å²) in [5.41, 5.74) is 1.77. The fraction of sp³-hybridized carbons (Fsp3) is 0.0909. The van der Waals surface area contributed by atoms with Gasteiger partial charge in [0.2, 0.25) is 0 Å². The first-order chi connectivity index (χ1) is 14.8. The molecule has 0 aliphatic rings. The Hall–Kier alpha value is -4.40. The van der Waals surface area contributed by atoms with E-state index in [0.717, 1.165) is 0 Å². The number of rotatable bonds is 4. The predicted molar refractivity (Wildman–Crippen MR) is 116 cm³/mol. The second kappa shape index (κ2) is 7.79. The van der Waals surface area contributed by atoms with Crippen molar-refractivity contribution in [2.24, 2.45) is 0 Å². The second-order valence-electron chi connectivity index (χ2n) is 6.93. The molecule has 154 valence electrons. The standard InChI is InChI=1S/C22H17N5O4/c1-13-5-6-15(12-19(13)27(30)31)21(28)25-16-7-9-17(10-8-16)26-14(2)24-20-18(22(26)29)4-3-11-23-20/h3-12H,1-2H3,(H,25,28). The van der Waals surface area contributed by atoms with Crippen molar-refractivity contribution in [3.05, 3.63) is 98.2 Å². The third kappa shape index (κ3) is 3.76. The van der Waals surface area contributed by atoms with Crippen LogP contribution in [0.25, 0.3) is 16.7 Å². The largest absolute Gasteiger partial charge is 0.322 e. The molecule has 1 N–H and O–H groups in total. The number of benzene rings is 2. The lowest BCUT2D eigenvalue weighted by Gasteiger charge is -2.11. The Balaban J connectivity index is 1.62. The van der Waals surface area contributed by atoms with Crippen molar-refractivity contribution >= 4 is 28.3 Å². The molecule has 2 heterocycles. The summed E-state index contributed by atoms with van der Waals surface area (Å²) in [7, 11) is 0. The number of aromatic nitrogens is 3. The first kappa shape index (κ1) is 19.9. The number of pyridine rings is 1. The van der Waals surface area contributed by atoms with E-state index in [9.17, 15) is 19.7 Å². The minimum absolute atomic E-state index is 0.115. The summed E-state index contributed by atoms with van der Waals surface area (Å²) in [5.74, 6) is 0.0163. The van der Waals surface area contributed by atoms with Crippen molar-refractivity contribution in [3.8, 4) is 5.69 Å². The van der Waals surface area contributed by atoms with Crippen LogP contribution in [0.3, 0.4) is 0 Å². The zero-order chi connectivity index (χ0) is 22.1. The van der Waals surface area contributed by atoms with Gasteiger partial charge in [-0.15, -0.1) is 0 Å². The Bertz CT molecular complexity index is 1390. The van der Waals surface area contributed by atoms with Crippen molar-refractivity contribution in [2.45, 2.75) is 13.8 Å². The molecular weight excluding hydrogens is 398 g/mol. The molecule has 0 saturated carbocycles. The molecule has 0 bridgehead atoms. The van der Waals surface area contributed by atoms with Crippen LogP contribution in [0, 0.1) is 24.0 Å². The van der Waals surface area contributed by atoms with Crippen molar-refractivity contribution in [1.29, 1.82) is 0 Å². The molecule has 31 heavy (non-hydrogen) atoms. The molecule has 0 radical (unpaired) electrons. The number of hydrogen-bond acceptors (Lipinski definition) is 6. The minimum atomic E-state index is -0.520. The molecule has 9 nitrogen and oxygen atoms in total. The van der Waals surface area contributed by atoms with Crippen LogP contribution in [0.5, 0.6) is 0 Å². The summed E-state index contributed by atoms with van der Waals surface area (Å²) in [4.78, 5) is 44.5. The first-order valence-corrected chi connectivity index (χ1v) is 9.36. The maximum atomic E-state index is 12.9. The molecule has 4 aromatic rings. The van der Waals surface area contributed by atoms with E-state index in [-0.39, 0.29) is 16.8 Å². The summed E-state index contributed by atoms with van der Waals surface area (Å²) in [6.45, 7) is 3.33. The van der Waals surface area contributed by atoms with E-state index in [1.165, 1.54) is 22.8 Å². The number of nitrogens with one attached hydrogen (secondary N) is 1. The minimum Gasteiger partial charge on any atom is -0.322 e. The molecule has 0 aliphatic carbocycles. The fourth-order valence-corrected chi connectivity index (χ4v) is 3.27. The smallest absolute Gasteiger partial charge is 0.273 e. The highest BCUT2D eigenvalue weighted by Crippen LogP contribution is 2.21. The second-order valence-corrected chi connectivity index (χ2v) is 6.93. The number of nitro groups is 1. The van der Waals surface area contributed by atoms with E-state index in [1.807, 2.05) is 0 Å². The molecule has 2 aromatic carbocycles. The van der Waals surface area contributed by atoms with Gasteiger partial charge in [-0.05, 0) is 56.3 Å². The number of anilines is 1. The molecular formula is C22H17N5O4. The maximum absolute atomic E-state index is 12.9. The van der Waals surface area contributed by atoms with Crippen molar-refractivity contribution < 1.29 is 9.72 Å². The fourth-order valence-electron chi connectivity index (χ4n) is 3.27. The number of carbonyl (C=O) groups excluding carboxylic acids is 1. The van der Waals surface area contributed by atoms with Gasteiger partial charge in [0.25, 0.3) is 17.2 Å². The summed E-state index contributed by atoms with van der Waals surface area (Å²) in [6, 6.07) is 14.3. The molecule has 0 spiro atoms. The normalized spacial score (nSPS) is 10.8. The molecule has 2 aromatic heterocycles. The van der Waals surface area contributed by atoms with Gasteiger partial charge >= 0.3 is 0 Å². The lowest BCUT2D eigenvalue weighted by molar-refractivity contribution is -0.385. The quantitative estimate of drug-likeness (QED) is 0.402. The number of nitrogens with zero attached hydrogens (tertiary/aromatic N) is 4. The van der Waals surface area contributed by atoms with Crippen molar-refractivity contribution in [2.75, 3.05) is 5.32 Å². The van der Waals surface area contributed by atoms with Gasteiger partial charge in [0.1, 0.15) is 5.82 Å². The van der Waals surface area contributed by atoms with Gasteiger partial charge in [0.05, 0.1) is 16.0 Å². The highest BCUT2D eigenvalue weighted by molar-refractivity contribution is 6.04. The molecule has 9 heteroatoms. The molecule has 1 amide bonds. The van der Waals surface area contributed by atoms with Crippen LogP contribution in [-0.4, -0.2) is 25.4 Å². The van der Waals surface area contributed by atoms with E-state index in [0.29, 0.717) is 33.8 Å². The number of carbonyl (C=O) groups is 1. The van der Waals surface area contributed by atoms with Gasteiger partial charge < -0.3 is 5.32 Å². The lowest BCUT2D eigenvalue weighted by atomic mass is 10.1. The molecule has 0 atom stereocenters. The Morgan fingerprint density at radius 2 is 1.84 bits per heavy atom. The maximum Gasteiger partial charge on any atom is 0.273 e. The van der Waals surface area contributed by atoms with Crippen LogP contribution < -0.4 is 10.9 Å². The van der Waals surface area contributed by atoms with Gasteiger partial charge in [0, 0.05) is 29.1 Å². The topological polar surface area (TPSA) is 120 Å². The van der Waals surface area contributed by atoms with Crippen LogP contribution in [0.15, 0.2) is 65.6 Å². The Morgan fingerprint density at radius 3 is 2.55 bits per heavy atom. The first-order valence-electron chi connectivity index (χ1n) is 9.36. The molecule has 4 rings (SSSR count). The van der Waals surface area contributed by atoms with Crippen LogP contribution in [-0.2, 0) is 0 Å². The third-order valence-corrected chi connectivity index (χ3v) is 4.86. The number of amides is 1. The van der Waals surface area contributed by atoms with Crippen molar-refractivity contribution in [3.63, 3.8) is 0 Å². The number of nitro benzene ring substituents is 1. The average molecular weight is 415 g/mol. The van der Waals surface area contributed by atoms with Crippen LogP contribution in [0.2, 0.25) is 0 Å². The zero-order valence-corrected chi connectivity index (χ0v) is 16.7. The van der Waals surface area contributed by atoms with Crippen molar-refractivity contribution in [1.82, 2.24) is 14.5 Å². The van der Waals surface area contributed by atoms with E-state index in [1.54, 1.807) is 56.4 Å². The van der Waals surface area contributed by atoms with Gasteiger partial charge in [-0.3, -0.25) is 24.3 Å². The van der Waals surface area contributed by atoms with E-state index >= 15 is 0 Å². The van der Waals surface area contributed by atoms with E-state index in [2.05, 4.69) is 15.3 Å².